The number of carbonyl (C=O) groups is 1. The van der Waals surface area contributed by atoms with Gasteiger partial charge in [-0.05, 0) is 34.0 Å². The lowest BCUT2D eigenvalue weighted by Gasteiger charge is -2.20. The molecule has 1 atom stereocenters. The molecule has 0 aliphatic rings. The molecule has 0 radical (unpaired) electrons. The van der Waals surface area contributed by atoms with Gasteiger partial charge in [0.05, 0.1) is 22.7 Å². The van der Waals surface area contributed by atoms with Gasteiger partial charge in [0.25, 0.3) is 5.91 Å². The SMILES string of the molecule is CC(C)C(CO)NC(=O)c1cccc(N)c1Br. The van der Waals surface area contributed by atoms with Crippen molar-refractivity contribution in [2.24, 2.45) is 5.92 Å². The molecular weight excluding hydrogens is 284 g/mol. The molecule has 1 rings (SSSR count). The zero-order chi connectivity index (χ0) is 13.0. The summed E-state index contributed by atoms with van der Waals surface area (Å²) in [5, 5.41) is 11.9. The molecule has 5 heteroatoms. The molecule has 0 fully saturated rings. The van der Waals surface area contributed by atoms with Crippen LogP contribution in [0.25, 0.3) is 0 Å². The molecule has 0 spiro atoms. The molecule has 0 aliphatic heterocycles. The Bertz CT molecular complexity index is 407. The lowest BCUT2D eigenvalue weighted by molar-refractivity contribution is 0.0896. The number of carbonyl (C=O) groups excluding carboxylic acids is 1. The maximum Gasteiger partial charge on any atom is 0.252 e. The fraction of sp³-hybridized carbons (Fsp3) is 0.417. The van der Waals surface area contributed by atoms with Crippen LogP contribution >= 0.6 is 15.9 Å². The van der Waals surface area contributed by atoms with Crippen LogP contribution in [-0.2, 0) is 0 Å². The zero-order valence-electron chi connectivity index (χ0n) is 9.90. The van der Waals surface area contributed by atoms with Gasteiger partial charge >= 0.3 is 0 Å². The number of hydrogen-bond acceptors (Lipinski definition) is 3. The largest absolute Gasteiger partial charge is 0.398 e. The van der Waals surface area contributed by atoms with Crippen molar-refractivity contribution in [2.45, 2.75) is 19.9 Å². The Kier molecular flexibility index (Phi) is 4.96. The van der Waals surface area contributed by atoms with Gasteiger partial charge in [-0.3, -0.25) is 4.79 Å². The van der Waals surface area contributed by atoms with Crippen molar-refractivity contribution in [3.05, 3.63) is 28.2 Å². The van der Waals surface area contributed by atoms with Gasteiger partial charge in [0.2, 0.25) is 0 Å². The van der Waals surface area contributed by atoms with Crippen LogP contribution in [0.5, 0.6) is 0 Å². The molecule has 1 aromatic rings. The number of nitrogen functional groups attached to an aromatic ring is 1. The molecule has 0 heterocycles. The number of nitrogens with one attached hydrogen (secondary N) is 1. The van der Waals surface area contributed by atoms with E-state index in [-0.39, 0.29) is 24.5 Å². The highest BCUT2D eigenvalue weighted by Gasteiger charge is 2.18. The predicted molar refractivity (Wildman–Crippen MR) is 71.7 cm³/mol. The number of aliphatic hydroxyl groups is 1. The Morgan fingerprint density at radius 3 is 2.71 bits per heavy atom. The second kappa shape index (κ2) is 6.02. The van der Waals surface area contributed by atoms with Crippen LogP contribution in [0.3, 0.4) is 0 Å². The van der Waals surface area contributed by atoms with Crippen molar-refractivity contribution in [3.63, 3.8) is 0 Å². The smallest absolute Gasteiger partial charge is 0.252 e. The summed E-state index contributed by atoms with van der Waals surface area (Å²) < 4.78 is 0.581. The van der Waals surface area contributed by atoms with Crippen LogP contribution < -0.4 is 11.1 Å². The van der Waals surface area contributed by atoms with Gasteiger partial charge in [-0.2, -0.15) is 0 Å². The van der Waals surface area contributed by atoms with Crippen molar-refractivity contribution in [2.75, 3.05) is 12.3 Å². The third kappa shape index (κ3) is 3.44. The number of amides is 1. The molecule has 94 valence electrons. The van der Waals surface area contributed by atoms with E-state index in [0.717, 1.165) is 0 Å². The second-order valence-electron chi connectivity index (χ2n) is 4.22. The monoisotopic (exact) mass is 300 g/mol. The summed E-state index contributed by atoms with van der Waals surface area (Å²) in [6, 6.07) is 4.87. The molecule has 1 aromatic carbocycles. The van der Waals surface area contributed by atoms with Crippen LogP contribution in [0.4, 0.5) is 5.69 Å². The summed E-state index contributed by atoms with van der Waals surface area (Å²) in [5.74, 6) is -0.0688. The second-order valence-corrected chi connectivity index (χ2v) is 5.01. The van der Waals surface area contributed by atoms with Crippen molar-refractivity contribution in [3.8, 4) is 0 Å². The Hall–Kier alpha value is -1.07. The highest BCUT2D eigenvalue weighted by atomic mass is 79.9. The Morgan fingerprint density at radius 1 is 1.53 bits per heavy atom. The lowest BCUT2D eigenvalue weighted by atomic mass is 10.0. The van der Waals surface area contributed by atoms with Gasteiger partial charge in [0.15, 0.2) is 0 Å². The Labute approximate surface area is 109 Å². The molecule has 1 amide bonds. The minimum absolute atomic E-state index is 0.0800. The predicted octanol–water partition coefficient (Wildman–Crippen LogP) is 1.78. The van der Waals surface area contributed by atoms with Gasteiger partial charge in [0.1, 0.15) is 0 Å². The molecule has 4 N–H and O–H groups in total. The van der Waals surface area contributed by atoms with Crippen LogP contribution in [0.15, 0.2) is 22.7 Å². The number of anilines is 1. The first-order valence-electron chi connectivity index (χ1n) is 5.43. The topological polar surface area (TPSA) is 75.3 Å². The maximum atomic E-state index is 12.0. The molecule has 0 bridgehead atoms. The quantitative estimate of drug-likeness (QED) is 0.742. The van der Waals surface area contributed by atoms with Gasteiger partial charge in [-0.25, -0.2) is 0 Å². The normalized spacial score (nSPS) is 12.5. The van der Waals surface area contributed by atoms with E-state index in [1.54, 1.807) is 18.2 Å². The van der Waals surface area contributed by atoms with E-state index in [0.29, 0.717) is 15.7 Å². The van der Waals surface area contributed by atoms with E-state index in [2.05, 4.69) is 21.2 Å². The summed E-state index contributed by atoms with van der Waals surface area (Å²) in [6.07, 6.45) is 0. The Morgan fingerprint density at radius 2 is 2.18 bits per heavy atom. The molecule has 0 aliphatic carbocycles. The van der Waals surface area contributed by atoms with Crippen LogP contribution in [0.1, 0.15) is 24.2 Å². The first kappa shape index (κ1) is 14.0. The minimum Gasteiger partial charge on any atom is -0.398 e. The van der Waals surface area contributed by atoms with E-state index in [1.807, 2.05) is 13.8 Å². The van der Waals surface area contributed by atoms with E-state index < -0.39 is 0 Å². The highest BCUT2D eigenvalue weighted by Crippen LogP contribution is 2.23. The molecule has 0 aromatic heterocycles. The molecule has 4 nitrogen and oxygen atoms in total. The van der Waals surface area contributed by atoms with Gasteiger partial charge in [-0.15, -0.1) is 0 Å². The van der Waals surface area contributed by atoms with Crippen LogP contribution in [-0.4, -0.2) is 23.7 Å². The average Bonchev–Trinajstić information content (AvgIpc) is 2.28. The fourth-order valence-electron chi connectivity index (χ4n) is 1.39. The summed E-state index contributed by atoms with van der Waals surface area (Å²) in [4.78, 5) is 12.0. The molecule has 0 saturated heterocycles. The number of benzene rings is 1. The number of halogens is 1. The van der Waals surface area contributed by atoms with E-state index in [1.165, 1.54) is 0 Å². The highest BCUT2D eigenvalue weighted by molar-refractivity contribution is 9.10. The Balaban J connectivity index is 2.86. The molecular formula is C12H17BrN2O2. The van der Waals surface area contributed by atoms with Gasteiger partial charge in [0, 0.05) is 5.69 Å². The number of hydrogen-bond donors (Lipinski definition) is 3. The van der Waals surface area contributed by atoms with Gasteiger partial charge in [-0.1, -0.05) is 19.9 Å². The molecule has 1 unspecified atom stereocenters. The van der Waals surface area contributed by atoms with Crippen molar-refractivity contribution >= 4 is 27.5 Å². The number of rotatable bonds is 4. The third-order valence-electron chi connectivity index (χ3n) is 2.59. The van der Waals surface area contributed by atoms with Crippen LogP contribution in [0, 0.1) is 5.92 Å². The van der Waals surface area contributed by atoms with E-state index in [4.69, 9.17) is 10.8 Å². The van der Waals surface area contributed by atoms with E-state index >= 15 is 0 Å². The zero-order valence-corrected chi connectivity index (χ0v) is 11.5. The van der Waals surface area contributed by atoms with Crippen molar-refractivity contribution in [1.29, 1.82) is 0 Å². The average molecular weight is 301 g/mol. The fourth-order valence-corrected chi connectivity index (χ4v) is 1.84. The summed E-state index contributed by atoms with van der Waals surface area (Å²) in [5.41, 5.74) is 6.70. The summed E-state index contributed by atoms with van der Waals surface area (Å²) in [6.45, 7) is 3.80. The van der Waals surface area contributed by atoms with Crippen molar-refractivity contribution < 1.29 is 9.90 Å². The standard InChI is InChI=1S/C12H17BrN2O2/c1-7(2)10(6-16)15-12(17)8-4-3-5-9(14)11(8)13/h3-5,7,10,16H,6,14H2,1-2H3,(H,15,17). The van der Waals surface area contributed by atoms with Crippen molar-refractivity contribution in [1.82, 2.24) is 5.32 Å². The summed E-state index contributed by atoms with van der Waals surface area (Å²) in [7, 11) is 0. The first-order chi connectivity index (χ1) is 7.97. The molecule has 17 heavy (non-hydrogen) atoms. The van der Waals surface area contributed by atoms with E-state index in [9.17, 15) is 4.79 Å². The third-order valence-corrected chi connectivity index (χ3v) is 3.48. The minimum atomic E-state index is -0.254. The van der Waals surface area contributed by atoms with Crippen LogP contribution in [0.2, 0.25) is 0 Å². The summed E-state index contributed by atoms with van der Waals surface area (Å²) >= 11 is 3.28. The molecule has 0 saturated carbocycles. The lowest BCUT2D eigenvalue weighted by Crippen LogP contribution is -2.41. The first-order valence-corrected chi connectivity index (χ1v) is 6.22. The number of aliphatic hydroxyl groups excluding tert-OH is 1. The van der Waals surface area contributed by atoms with Gasteiger partial charge < -0.3 is 16.2 Å². The maximum absolute atomic E-state index is 12.0. The number of nitrogens with two attached hydrogens (primary N) is 1.